The van der Waals surface area contributed by atoms with Gasteiger partial charge >= 0.3 is 27.3 Å². The van der Waals surface area contributed by atoms with E-state index in [1.165, 1.54) is 13.8 Å². The molecule has 0 aliphatic carbocycles. The minimum atomic E-state index is -5.15. The van der Waals surface area contributed by atoms with Gasteiger partial charge in [0.2, 0.25) is 11.8 Å². The number of amides is 3. The molecule has 0 rings (SSSR count). The van der Waals surface area contributed by atoms with Crippen LogP contribution in [0, 0.1) is 0 Å². The van der Waals surface area contributed by atoms with Gasteiger partial charge in [-0.2, -0.15) is 4.89 Å². The molecule has 120 valence electrons. The van der Waals surface area contributed by atoms with E-state index < -0.39 is 45.2 Å². The monoisotopic (exact) mass is 345 g/mol. The summed E-state index contributed by atoms with van der Waals surface area (Å²) >= 11 is 0. The highest BCUT2D eigenvalue weighted by Crippen LogP contribution is 2.52. The Morgan fingerprint density at radius 1 is 1.33 bits per heavy atom. The van der Waals surface area contributed by atoms with Crippen LogP contribution in [0.5, 0.6) is 0 Å². The van der Waals surface area contributed by atoms with Crippen LogP contribution >= 0.6 is 15.6 Å². The maximum atomic E-state index is 11.4. The summed E-state index contributed by atoms with van der Waals surface area (Å²) in [6, 6.07) is -1.26. The van der Waals surface area contributed by atoms with Crippen LogP contribution in [0.1, 0.15) is 20.3 Å². The molecule has 0 aromatic carbocycles. The molecule has 3 amide bonds. The minimum absolute atomic E-state index is 0.0359. The molecular formula is C8H15N2O9P2+. The summed E-state index contributed by atoms with van der Waals surface area (Å²) in [6.45, 7) is 2.67. The maximum absolute atomic E-state index is 11.4. The fourth-order valence-electron chi connectivity index (χ4n) is 0.949. The van der Waals surface area contributed by atoms with E-state index in [9.17, 15) is 23.5 Å². The van der Waals surface area contributed by atoms with E-state index in [-0.39, 0.29) is 6.42 Å². The van der Waals surface area contributed by atoms with E-state index in [1.54, 1.807) is 0 Å². The van der Waals surface area contributed by atoms with Crippen molar-refractivity contribution in [3.63, 3.8) is 0 Å². The first-order valence-electron chi connectivity index (χ1n) is 5.50. The lowest BCUT2D eigenvalue weighted by atomic mass is 10.3. The molecule has 0 radical (unpaired) electrons. The number of ether oxygens (including phenoxy) is 1. The van der Waals surface area contributed by atoms with Gasteiger partial charge < -0.3 is 19.8 Å². The van der Waals surface area contributed by atoms with E-state index in [4.69, 9.17) is 14.7 Å². The summed E-state index contributed by atoms with van der Waals surface area (Å²) in [5.41, 5.74) is -2.54. The lowest BCUT2D eigenvalue weighted by Gasteiger charge is -2.14. The van der Waals surface area contributed by atoms with Gasteiger partial charge in [0.15, 0.2) is 0 Å². The average Bonchev–Trinajstić information content (AvgIpc) is 2.33. The smallest absolute Gasteiger partial charge is 0.387 e. The average molecular weight is 345 g/mol. The largest absolute Gasteiger partial charge is 0.564 e. The van der Waals surface area contributed by atoms with E-state index in [0.717, 1.165) is 0 Å². The molecule has 2 unspecified atom stereocenters. The van der Waals surface area contributed by atoms with Gasteiger partial charge in [-0.3, -0.25) is 19.5 Å². The Labute approximate surface area is 120 Å². The van der Waals surface area contributed by atoms with Crippen molar-refractivity contribution in [2.45, 2.75) is 31.9 Å². The zero-order valence-corrected chi connectivity index (χ0v) is 12.8. The summed E-state index contributed by atoms with van der Waals surface area (Å²) in [5, 5.41) is 3.79. The van der Waals surface area contributed by atoms with Crippen molar-refractivity contribution in [2.75, 3.05) is 0 Å². The minimum Gasteiger partial charge on any atom is -0.387 e. The van der Waals surface area contributed by atoms with Crippen molar-refractivity contribution < 1.29 is 42.9 Å². The molecule has 5 N–H and O–H groups in total. The molecule has 13 heteroatoms. The Hall–Kier alpha value is -1.38. The van der Waals surface area contributed by atoms with Crippen LogP contribution in [-0.2, 0) is 23.5 Å². The van der Waals surface area contributed by atoms with Crippen LogP contribution in [-0.4, -0.2) is 44.2 Å². The zero-order valence-electron chi connectivity index (χ0n) is 11.0. The SMILES string of the molecule is CCC(=O)NC(=O)[C@H](C)NC(=O)OC([P+](=O)O)P(=O)(O)O. The molecule has 0 aromatic heterocycles. The molecule has 3 atom stereocenters. The Balaban J connectivity index is 4.62. The first kappa shape index (κ1) is 19.6. The molecule has 11 nitrogen and oxygen atoms in total. The van der Waals surface area contributed by atoms with Crippen LogP contribution < -0.4 is 10.6 Å². The van der Waals surface area contributed by atoms with E-state index >= 15 is 0 Å². The molecule has 21 heavy (non-hydrogen) atoms. The Morgan fingerprint density at radius 2 is 1.86 bits per heavy atom. The summed E-state index contributed by atoms with van der Waals surface area (Å²) < 4.78 is 25.7. The second-order valence-electron chi connectivity index (χ2n) is 3.76. The number of rotatable bonds is 6. The van der Waals surface area contributed by atoms with Crippen molar-refractivity contribution in [1.82, 2.24) is 10.6 Å². The second-order valence-corrected chi connectivity index (χ2v) is 6.88. The zero-order chi connectivity index (χ0) is 16.8. The van der Waals surface area contributed by atoms with Gasteiger partial charge in [-0.05, 0) is 11.5 Å². The number of hydrogen-bond donors (Lipinski definition) is 5. The van der Waals surface area contributed by atoms with E-state index in [2.05, 4.69) is 4.74 Å². The number of carbonyl (C=O) groups excluding carboxylic acids is 3. The molecule has 0 bridgehead atoms. The molecule has 0 saturated heterocycles. The number of alkyl carbamates (subject to hydrolysis) is 1. The maximum Gasteiger partial charge on any atom is 0.564 e. The fraction of sp³-hybridized carbons (Fsp3) is 0.625. The number of hydrogen-bond acceptors (Lipinski definition) is 6. The Bertz CT molecular complexity index is 488. The molecule has 0 fully saturated rings. The van der Waals surface area contributed by atoms with Gasteiger partial charge in [0.25, 0.3) is 0 Å². The predicted octanol–water partition coefficient (Wildman–Crippen LogP) is -0.650. The third-order valence-corrected chi connectivity index (χ3v) is 4.66. The predicted molar refractivity (Wildman–Crippen MR) is 68.2 cm³/mol. The van der Waals surface area contributed by atoms with Crippen molar-refractivity contribution in [3.05, 3.63) is 0 Å². The highest BCUT2D eigenvalue weighted by Gasteiger charge is 2.49. The molecule has 0 aliphatic rings. The number of nitrogens with one attached hydrogen (secondary N) is 2. The summed E-state index contributed by atoms with van der Waals surface area (Å²) in [5.74, 6) is -1.46. The van der Waals surface area contributed by atoms with Crippen LogP contribution in [0.4, 0.5) is 4.79 Å². The fourth-order valence-corrected chi connectivity index (χ4v) is 2.40. The third-order valence-electron chi connectivity index (χ3n) is 2.00. The summed E-state index contributed by atoms with van der Waals surface area (Å²) in [4.78, 5) is 59.8. The van der Waals surface area contributed by atoms with Gasteiger partial charge in [-0.15, -0.1) is 0 Å². The molecule has 0 aromatic rings. The van der Waals surface area contributed by atoms with Gasteiger partial charge in [0.05, 0.1) is 0 Å². The van der Waals surface area contributed by atoms with Crippen molar-refractivity contribution in [3.8, 4) is 0 Å². The number of carbonyl (C=O) groups is 3. The van der Waals surface area contributed by atoms with Crippen molar-refractivity contribution in [1.29, 1.82) is 0 Å². The molecule has 0 aliphatic heterocycles. The van der Waals surface area contributed by atoms with Crippen LogP contribution in [0.2, 0.25) is 0 Å². The van der Waals surface area contributed by atoms with Crippen LogP contribution in [0.15, 0.2) is 0 Å². The molecular weight excluding hydrogens is 330 g/mol. The van der Waals surface area contributed by atoms with Gasteiger partial charge in [-0.1, -0.05) is 6.92 Å². The molecule has 0 spiro atoms. The molecule has 0 saturated carbocycles. The van der Waals surface area contributed by atoms with Crippen LogP contribution in [0.25, 0.3) is 0 Å². The summed E-state index contributed by atoms with van der Waals surface area (Å²) in [6.07, 6.45) is -1.46. The van der Waals surface area contributed by atoms with E-state index in [0.29, 0.717) is 0 Å². The normalized spacial score (nSPS) is 14.6. The third kappa shape index (κ3) is 7.26. The Kier molecular flexibility index (Phi) is 7.62. The highest BCUT2D eigenvalue weighted by molar-refractivity contribution is 7.65. The lowest BCUT2D eigenvalue weighted by Crippen LogP contribution is -2.47. The summed E-state index contributed by atoms with van der Waals surface area (Å²) in [7, 11) is -8.64. The van der Waals surface area contributed by atoms with Crippen molar-refractivity contribution in [2.24, 2.45) is 0 Å². The lowest BCUT2D eigenvalue weighted by molar-refractivity contribution is -0.131. The quantitative estimate of drug-likeness (QED) is 0.391. The number of imide groups is 1. The highest BCUT2D eigenvalue weighted by atomic mass is 31.2. The molecule has 0 heterocycles. The standard InChI is InChI=1S/C8H14N2O9P2/c1-3-5(11)10-6(12)4(2)9-7(13)19-8(20(14)15)21(16,17)18/h4,8H,3H2,1-2H3,(H4-,9,10,11,12,13,14,15,16,17,18)/p+1/t4-,8?/m0/s1. The first-order valence-corrected chi connectivity index (χ1v) is 8.46. The van der Waals surface area contributed by atoms with Gasteiger partial charge in [-0.25, -0.2) is 4.79 Å². The van der Waals surface area contributed by atoms with E-state index in [1.807, 2.05) is 10.6 Å². The van der Waals surface area contributed by atoms with Gasteiger partial charge in [0.1, 0.15) is 6.04 Å². The topological polar surface area (TPSA) is 179 Å². The first-order chi connectivity index (χ1) is 9.48. The van der Waals surface area contributed by atoms with Crippen LogP contribution in [0.3, 0.4) is 0 Å². The van der Waals surface area contributed by atoms with Gasteiger partial charge in [0, 0.05) is 6.42 Å². The second kappa shape index (κ2) is 8.16. The van der Waals surface area contributed by atoms with Crippen molar-refractivity contribution >= 4 is 33.5 Å². The Morgan fingerprint density at radius 3 is 2.24 bits per heavy atom.